The quantitative estimate of drug-likeness (QED) is 0.640. The SMILES string of the molecule is NCc1cc(=O)[nH]c(I)c1C(F)F. The molecule has 0 amide bonds. The first-order valence-corrected chi connectivity index (χ1v) is 4.54. The van der Waals surface area contributed by atoms with E-state index in [2.05, 4.69) is 4.98 Å². The van der Waals surface area contributed by atoms with Crippen LogP contribution in [0.3, 0.4) is 0 Å². The van der Waals surface area contributed by atoms with Crippen molar-refractivity contribution in [2.75, 3.05) is 0 Å². The van der Waals surface area contributed by atoms with E-state index in [4.69, 9.17) is 5.73 Å². The van der Waals surface area contributed by atoms with Crippen molar-refractivity contribution < 1.29 is 8.78 Å². The number of hydrogen-bond acceptors (Lipinski definition) is 2. The van der Waals surface area contributed by atoms with Crippen molar-refractivity contribution in [3.63, 3.8) is 0 Å². The fraction of sp³-hybridized carbons (Fsp3) is 0.286. The third kappa shape index (κ3) is 2.25. The molecule has 0 unspecified atom stereocenters. The molecular formula is C7H7F2IN2O. The first-order valence-electron chi connectivity index (χ1n) is 3.46. The van der Waals surface area contributed by atoms with E-state index in [1.54, 1.807) is 22.6 Å². The van der Waals surface area contributed by atoms with Crippen LogP contribution >= 0.6 is 22.6 Å². The molecule has 3 nitrogen and oxygen atoms in total. The number of aromatic amines is 1. The lowest BCUT2D eigenvalue weighted by Crippen LogP contribution is -2.14. The summed E-state index contributed by atoms with van der Waals surface area (Å²) < 4.78 is 25.0. The number of alkyl halides is 2. The van der Waals surface area contributed by atoms with Gasteiger partial charge in [-0.05, 0) is 28.2 Å². The van der Waals surface area contributed by atoms with E-state index in [-0.39, 0.29) is 21.4 Å². The number of nitrogens with two attached hydrogens (primary N) is 1. The lowest BCUT2D eigenvalue weighted by Gasteiger charge is -2.07. The highest BCUT2D eigenvalue weighted by Gasteiger charge is 2.16. The average molecular weight is 300 g/mol. The van der Waals surface area contributed by atoms with Crippen molar-refractivity contribution in [1.82, 2.24) is 4.98 Å². The number of nitrogens with one attached hydrogen (secondary N) is 1. The van der Waals surface area contributed by atoms with Crippen molar-refractivity contribution in [3.05, 3.63) is 31.2 Å². The minimum absolute atomic E-state index is 0.0560. The van der Waals surface area contributed by atoms with Crippen LogP contribution in [0.4, 0.5) is 8.78 Å². The Bertz CT molecular complexity index is 364. The van der Waals surface area contributed by atoms with Crippen LogP contribution in [0.1, 0.15) is 17.6 Å². The molecule has 0 bridgehead atoms. The highest BCUT2D eigenvalue weighted by Crippen LogP contribution is 2.25. The van der Waals surface area contributed by atoms with Crippen LogP contribution in [0, 0.1) is 3.70 Å². The van der Waals surface area contributed by atoms with Crippen molar-refractivity contribution in [2.45, 2.75) is 13.0 Å². The topological polar surface area (TPSA) is 58.9 Å². The summed E-state index contributed by atoms with van der Waals surface area (Å²) in [6.07, 6.45) is -2.61. The first-order chi connectivity index (χ1) is 6.06. The van der Waals surface area contributed by atoms with Crippen LogP contribution in [-0.2, 0) is 6.54 Å². The minimum Gasteiger partial charge on any atom is -0.326 e. The summed E-state index contributed by atoms with van der Waals surface area (Å²) in [7, 11) is 0. The number of halogens is 3. The van der Waals surface area contributed by atoms with Gasteiger partial charge in [-0.2, -0.15) is 0 Å². The number of aromatic nitrogens is 1. The van der Waals surface area contributed by atoms with Gasteiger partial charge in [0.15, 0.2) is 0 Å². The third-order valence-corrected chi connectivity index (χ3v) is 2.41. The van der Waals surface area contributed by atoms with E-state index < -0.39 is 12.0 Å². The molecule has 0 saturated carbocycles. The van der Waals surface area contributed by atoms with Gasteiger partial charge in [0, 0.05) is 12.6 Å². The predicted octanol–water partition coefficient (Wildman–Crippen LogP) is 1.38. The summed E-state index contributed by atoms with van der Waals surface area (Å²) in [5, 5.41) is 0. The molecule has 0 fully saturated rings. The Kier molecular flexibility index (Phi) is 3.37. The molecule has 0 atom stereocenters. The van der Waals surface area contributed by atoms with Gasteiger partial charge in [0.1, 0.15) is 0 Å². The summed E-state index contributed by atoms with van der Waals surface area (Å²) in [6.45, 7) is -0.0560. The number of pyridine rings is 1. The summed E-state index contributed by atoms with van der Waals surface area (Å²) in [5.74, 6) is 0. The Labute approximate surface area is 86.5 Å². The molecule has 13 heavy (non-hydrogen) atoms. The molecule has 0 aromatic carbocycles. The maximum absolute atomic E-state index is 12.4. The number of rotatable bonds is 2. The highest BCUT2D eigenvalue weighted by molar-refractivity contribution is 14.1. The second-order valence-electron chi connectivity index (χ2n) is 2.39. The fourth-order valence-corrected chi connectivity index (χ4v) is 1.84. The van der Waals surface area contributed by atoms with Gasteiger partial charge in [-0.3, -0.25) is 4.79 Å². The summed E-state index contributed by atoms with van der Waals surface area (Å²) in [5.41, 5.74) is 4.85. The highest BCUT2D eigenvalue weighted by atomic mass is 127. The fourth-order valence-electron chi connectivity index (χ4n) is 0.993. The van der Waals surface area contributed by atoms with Crippen LogP contribution in [0.15, 0.2) is 10.9 Å². The predicted molar refractivity (Wildman–Crippen MR) is 52.6 cm³/mol. The van der Waals surface area contributed by atoms with E-state index in [1.807, 2.05) is 0 Å². The zero-order valence-electron chi connectivity index (χ0n) is 6.48. The van der Waals surface area contributed by atoms with Gasteiger partial charge in [-0.1, -0.05) is 0 Å². The van der Waals surface area contributed by atoms with Crippen LogP contribution in [0.2, 0.25) is 0 Å². The lowest BCUT2D eigenvalue weighted by atomic mass is 10.1. The maximum Gasteiger partial charge on any atom is 0.266 e. The molecule has 1 heterocycles. The van der Waals surface area contributed by atoms with E-state index in [0.717, 1.165) is 6.07 Å². The van der Waals surface area contributed by atoms with Gasteiger partial charge in [-0.15, -0.1) is 0 Å². The molecule has 1 rings (SSSR count). The summed E-state index contributed by atoms with van der Waals surface area (Å²) >= 11 is 1.66. The molecule has 0 saturated heterocycles. The smallest absolute Gasteiger partial charge is 0.266 e. The normalized spacial score (nSPS) is 10.8. The van der Waals surface area contributed by atoms with Gasteiger partial charge >= 0.3 is 0 Å². The van der Waals surface area contributed by atoms with E-state index in [1.165, 1.54) is 0 Å². The van der Waals surface area contributed by atoms with Gasteiger partial charge in [0.25, 0.3) is 6.43 Å². The Morgan fingerprint density at radius 3 is 2.69 bits per heavy atom. The second kappa shape index (κ2) is 4.14. The van der Waals surface area contributed by atoms with Gasteiger partial charge in [0.2, 0.25) is 5.56 Å². The van der Waals surface area contributed by atoms with Crippen molar-refractivity contribution in [2.24, 2.45) is 5.73 Å². The Hall–Kier alpha value is -0.500. The van der Waals surface area contributed by atoms with Gasteiger partial charge < -0.3 is 10.7 Å². The Morgan fingerprint density at radius 2 is 2.23 bits per heavy atom. The number of hydrogen-bond donors (Lipinski definition) is 2. The first kappa shape index (κ1) is 10.6. The third-order valence-electron chi connectivity index (χ3n) is 1.56. The maximum atomic E-state index is 12.4. The Balaban J connectivity index is 3.38. The van der Waals surface area contributed by atoms with Crippen LogP contribution in [0.5, 0.6) is 0 Å². The molecule has 0 aliphatic carbocycles. The second-order valence-corrected chi connectivity index (χ2v) is 3.47. The molecule has 0 spiro atoms. The van der Waals surface area contributed by atoms with Gasteiger partial charge in [0.05, 0.1) is 9.26 Å². The van der Waals surface area contributed by atoms with E-state index in [9.17, 15) is 13.6 Å². The van der Waals surface area contributed by atoms with E-state index >= 15 is 0 Å². The molecule has 6 heteroatoms. The molecule has 1 aromatic rings. The van der Waals surface area contributed by atoms with E-state index in [0.29, 0.717) is 0 Å². The summed E-state index contributed by atoms with van der Waals surface area (Å²) in [6, 6.07) is 1.10. The zero-order valence-corrected chi connectivity index (χ0v) is 8.64. The molecule has 0 aliphatic heterocycles. The monoisotopic (exact) mass is 300 g/mol. The average Bonchev–Trinajstić information content (AvgIpc) is 2.01. The standard InChI is InChI=1S/C7H7F2IN2O/c8-6(9)5-3(2-11)1-4(13)12-7(5)10/h1,6H,2,11H2,(H,12,13). The van der Waals surface area contributed by atoms with Crippen molar-refractivity contribution >= 4 is 22.6 Å². The molecule has 1 aromatic heterocycles. The molecule has 72 valence electrons. The zero-order chi connectivity index (χ0) is 10.0. The molecule has 3 N–H and O–H groups in total. The molecule has 0 radical (unpaired) electrons. The van der Waals surface area contributed by atoms with Crippen LogP contribution in [0.25, 0.3) is 0 Å². The van der Waals surface area contributed by atoms with Crippen molar-refractivity contribution in [3.8, 4) is 0 Å². The summed E-state index contributed by atoms with van der Waals surface area (Å²) in [4.78, 5) is 13.2. The van der Waals surface area contributed by atoms with Gasteiger partial charge in [-0.25, -0.2) is 8.78 Å². The molecule has 0 aliphatic rings. The Morgan fingerprint density at radius 1 is 1.62 bits per heavy atom. The molecular weight excluding hydrogens is 293 g/mol. The lowest BCUT2D eigenvalue weighted by molar-refractivity contribution is 0.148. The van der Waals surface area contributed by atoms with Crippen molar-refractivity contribution in [1.29, 1.82) is 0 Å². The largest absolute Gasteiger partial charge is 0.326 e. The van der Waals surface area contributed by atoms with Crippen LogP contribution in [-0.4, -0.2) is 4.98 Å². The van der Waals surface area contributed by atoms with Crippen LogP contribution < -0.4 is 11.3 Å². The minimum atomic E-state index is -2.61. The number of H-pyrrole nitrogens is 1.